The number of halogens is 1. The van der Waals surface area contributed by atoms with E-state index in [-0.39, 0.29) is 35.5 Å². The molecule has 2 atom stereocenters. The molecule has 2 bridgehead atoms. The number of hydrogen-bond donors (Lipinski definition) is 2. The van der Waals surface area contributed by atoms with Crippen LogP contribution in [0.5, 0.6) is 5.75 Å². The minimum absolute atomic E-state index is 0.0993. The summed E-state index contributed by atoms with van der Waals surface area (Å²) >= 11 is 0. The van der Waals surface area contributed by atoms with Gasteiger partial charge >= 0.3 is 0 Å². The molecule has 2 aliphatic heterocycles. The zero-order valence-electron chi connectivity index (χ0n) is 21.7. The molecule has 0 radical (unpaired) electrons. The van der Waals surface area contributed by atoms with Gasteiger partial charge in [0, 0.05) is 52.6 Å². The summed E-state index contributed by atoms with van der Waals surface area (Å²) in [6.45, 7) is 0. The highest BCUT2D eigenvalue weighted by Crippen LogP contribution is 2.43. The maximum Gasteiger partial charge on any atom is 0.291 e. The van der Waals surface area contributed by atoms with Crippen LogP contribution in [0.15, 0.2) is 55.1 Å². The van der Waals surface area contributed by atoms with Crippen molar-refractivity contribution in [2.24, 2.45) is 0 Å². The molecule has 6 heterocycles. The average molecular weight is 540 g/mol. The monoisotopic (exact) mass is 539 g/mol. The number of pyridine rings is 1. The number of aromatic nitrogens is 7. The van der Waals surface area contributed by atoms with Gasteiger partial charge in [0.15, 0.2) is 17.2 Å². The molecular weight excluding hydrogens is 513 g/mol. The second-order valence-corrected chi connectivity index (χ2v) is 10.3. The van der Waals surface area contributed by atoms with Gasteiger partial charge in [-0.1, -0.05) is 6.07 Å². The molecule has 4 aromatic heterocycles. The smallest absolute Gasteiger partial charge is 0.291 e. The lowest BCUT2D eigenvalue weighted by Gasteiger charge is -2.38. The lowest BCUT2D eigenvalue weighted by atomic mass is 9.87. The Morgan fingerprint density at radius 2 is 1.88 bits per heavy atom. The fourth-order valence-electron chi connectivity index (χ4n) is 6.15. The zero-order chi connectivity index (χ0) is 27.4. The number of H-pyrrole nitrogens is 1. The summed E-state index contributed by atoms with van der Waals surface area (Å²) in [5, 5.41) is 11.0. The number of methoxy groups -OCH3 is 1. The van der Waals surface area contributed by atoms with E-state index in [2.05, 4.69) is 25.3 Å². The zero-order valence-corrected chi connectivity index (χ0v) is 21.7. The summed E-state index contributed by atoms with van der Waals surface area (Å²) in [6.07, 6.45) is 8.32. The molecule has 2 aliphatic rings. The largest absolute Gasteiger partial charge is 0.494 e. The van der Waals surface area contributed by atoms with Crippen molar-refractivity contribution in [2.75, 3.05) is 12.8 Å². The Morgan fingerprint density at radius 1 is 1.07 bits per heavy atom. The minimum atomic E-state index is -0.442. The number of nitrogens with two attached hydrogens (primary N) is 1. The molecule has 2 fully saturated rings. The second-order valence-electron chi connectivity index (χ2n) is 10.3. The fourth-order valence-corrected chi connectivity index (χ4v) is 6.15. The third-order valence-electron chi connectivity index (χ3n) is 8.04. The summed E-state index contributed by atoms with van der Waals surface area (Å²) < 4.78 is 20.8. The van der Waals surface area contributed by atoms with Crippen LogP contribution >= 0.6 is 0 Å². The van der Waals surface area contributed by atoms with Crippen LogP contribution in [0, 0.1) is 5.82 Å². The third-order valence-corrected chi connectivity index (χ3v) is 8.04. The summed E-state index contributed by atoms with van der Waals surface area (Å²) in [5.41, 5.74) is 10.9. The predicted octanol–water partition coefficient (Wildman–Crippen LogP) is 3.86. The molecule has 11 nitrogen and oxygen atoms in total. The molecule has 3 N–H and O–H groups in total. The van der Waals surface area contributed by atoms with Crippen LogP contribution in [0.1, 0.15) is 47.9 Å². The lowest BCUT2D eigenvalue weighted by Crippen LogP contribution is -2.46. The van der Waals surface area contributed by atoms with Crippen molar-refractivity contribution in [3.05, 3.63) is 72.5 Å². The van der Waals surface area contributed by atoms with E-state index in [4.69, 9.17) is 15.5 Å². The fraction of sp³-hybridized carbons (Fsp3) is 0.286. The van der Waals surface area contributed by atoms with Crippen LogP contribution < -0.4 is 10.5 Å². The van der Waals surface area contributed by atoms with E-state index in [9.17, 15) is 9.18 Å². The Hall–Kier alpha value is -4.87. The third kappa shape index (κ3) is 3.94. The van der Waals surface area contributed by atoms with E-state index < -0.39 is 5.82 Å². The molecule has 1 amide bonds. The standard InChI is InChI=1S/C28H26FN9O2/c1-40-24-7-3-15(10-21(24)29)22-6-2-16(12-31-22)20-13-34-38-25(30)11-23(35-27(20)38)17-8-18-4-5-19(9-17)37(18)28(39)26-32-14-33-36-26/h2-3,6-7,10-14,17-19H,4-5,8-9,30H2,1H3,(H,32,33,36). The first-order valence-electron chi connectivity index (χ1n) is 13.1. The number of nitrogen functional groups attached to an aromatic ring is 1. The number of piperidine rings is 1. The number of ether oxygens (including phenoxy) is 1. The van der Waals surface area contributed by atoms with Gasteiger partial charge < -0.3 is 15.4 Å². The van der Waals surface area contributed by atoms with Crippen molar-refractivity contribution in [3.63, 3.8) is 0 Å². The van der Waals surface area contributed by atoms with Crippen molar-refractivity contribution in [1.82, 2.24) is 39.7 Å². The Balaban J connectivity index is 1.17. The van der Waals surface area contributed by atoms with Gasteiger partial charge in [-0.25, -0.2) is 14.4 Å². The first-order chi connectivity index (χ1) is 19.5. The van der Waals surface area contributed by atoms with E-state index in [0.717, 1.165) is 42.5 Å². The number of carbonyl (C=O) groups is 1. The number of anilines is 1. The number of nitrogens with zero attached hydrogens (tertiary/aromatic N) is 7. The molecule has 12 heteroatoms. The van der Waals surface area contributed by atoms with E-state index in [1.54, 1.807) is 29.0 Å². The highest BCUT2D eigenvalue weighted by Gasteiger charge is 2.45. The quantitative estimate of drug-likeness (QED) is 0.343. The van der Waals surface area contributed by atoms with Gasteiger partial charge in [0.1, 0.15) is 12.1 Å². The Bertz CT molecular complexity index is 1700. The maximum absolute atomic E-state index is 14.2. The summed E-state index contributed by atoms with van der Waals surface area (Å²) in [5.74, 6) is 0.583. The number of nitrogens with one attached hydrogen (secondary N) is 1. The van der Waals surface area contributed by atoms with E-state index in [0.29, 0.717) is 22.7 Å². The Morgan fingerprint density at radius 3 is 2.55 bits per heavy atom. The molecule has 202 valence electrons. The summed E-state index contributed by atoms with van der Waals surface area (Å²) in [6, 6.07) is 10.6. The summed E-state index contributed by atoms with van der Waals surface area (Å²) in [7, 11) is 1.43. The first-order valence-corrected chi connectivity index (χ1v) is 13.1. The van der Waals surface area contributed by atoms with Crippen LogP contribution in [0.3, 0.4) is 0 Å². The second kappa shape index (κ2) is 9.40. The van der Waals surface area contributed by atoms with Crippen LogP contribution in [0.25, 0.3) is 28.0 Å². The van der Waals surface area contributed by atoms with Gasteiger partial charge in [-0.2, -0.15) is 14.7 Å². The minimum Gasteiger partial charge on any atom is -0.494 e. The molecule has 2 unspecified atom stereocenters. The molecule has 40 heavy (non-hydrogen) atoms. The van der Waals surface area contributed by atoms with Crippen molar-refractivity contribution in [3.8, 4) is 28.1 Å². The number of rotatable bonds is 5. The van der Waals surface area contributed by atoms with Crippen LogP contribution in [0.4, 0.5) is 10.2 Å². The molecule has 0 spiro atoms. The van der Waals surface area contributed by atoms with Gasteiger partial charge in [-0.05, 0) is 49.9 Å². The highest BCUT2D eigenvalue weighted by molar-refractivity contribution is 5.91. The van der Waals surface area contributed by atoms with Crippen LogP contribution in [-0.4, -0.2) is 64.8 Å². The van der Waals surface area contributed by atoms with E-state index in [1.807, 2.05) is 23.1 Å². The van der Waals surface area contributed by atoms with Crippen LogP contribution in [0.2, 0.25) is 0 Å². The van der Waals surface area contributed by atoms with Gasteiger partial charge in [0.25, 0.3) is 5.91 Å². The molecule has 0 aliphatic carbocycles. The van der Waals surface area contributed by atoms with Crippen LogP contribution in [-0.2, 0) is 0 Å². The topological polar surface area (TPSA) is 140 Å². The number of aromatic amines is 1. The maximum atomic E-state index is 14.2. The van der Waals surface area contributed by atoms with Crippen molar-refractivity contribution < 1.29 is 13.9 Å². The van der Waals surface area contributed by atoms with Crippen molar-refractivity contribution >= 4 is 17.4 Å². The molecule has 1 aromatic carbocycles. The van der Waals surface area contributed by atoms with Gasteiger partial charge in [0.2, 0.25) is 5.82 Å². The molecule has 0 saturated carbocycles. The van der Waals surface area contributed by atoms with Gasteiger partial charge in [-0.15, -0.1) is 0 Å². The molecule has 7 rings (SSSR count). The van der Waals surface area contributed by atoms with Gasteiger partial charge in [-0.3, -0.25) is 14.9 Å². The molecular formula is C28H26FN9O2. The normalized spacial score (nSPS) is 20.2. The Labute approximate surface area is 228 Å². The van der Waals surface area contributed by atoms with Crippen molar-refractivity contribution in [2.45, 2.75) is 43.7 Å². The number of benzene rings is 1. The predicted molar refractivity (Wildman–Crippen MR) is 144 cm³/mol. The molecule has 5 aromatic rings. The number of fused-ring (bicyclic) bond motifs is 3. The Kier molecular flexibility index (Phi) is 5.68. The molecule has 2 saturated heterocycles. The lowest BCUT2D eigenvalue weighted by molar-refractivity contribution is 0.0557. The van der Waals surface area contributed by atoms with E-state index in [1.165, 1.54) is 19.5 Å². The highest BCUT2D eigenvalue weighted by atomic mass is 19.1. The SMILES string of the molecule is COc1ccc(-c2ccc(-c3cnn4c(N)cc(C5CC6CCC(C5)N6C(=O)c5ncn[nH]5)nc34)cn2)cc1F. The number of hydrogen-bond acceptors (Lipinski definition) is 8. The average Bonchev–Trinajstić information content (AvgIpc) is 3.71. The number of carbonyl (C=O) groups excluding carboxylic acids is 1. The summed E-state index contributed by atoms with van der Waals surface area (Å²) in [4.78, 5) is 28.6. The van der Waals surface area contributed by atoms with Gasteiger partial charge in [0.05, 0.1) is 19.0 Å². The van der Waals surface area contributed by atoms with E-state index >= 15 is 0 Å². The number of amides is 1. The van der Waals surface area contributed by atoms with Crippen molar-refractivity contribution in [1.29, 1.82) is 0 Å². The first kappa shape index (κ1) is 24.2.